The molecule has 0 saturated heterocycles. The molecule has 1 saturated carbocycles. The van der Waals surface area contributed by atoms with Crippen molar-refractivity contribution in [2.45, 2.75) is 36.1 Å². The molecule has 1 fully saturated rings. The molecule has 0 spiro atoms. The van der Waals surface area contributed by atoms with E-state index in [1.807, 2.05) is 65.4 Å². The summed E-state index contributed by atoms with van der Waals surface area (Å²) in [5.74, 6) is -0.0326. The zero-order valence-corrected chi connectivity index (χ0v) is 24.1. The number of thiophene rings is 1. The highest BCUT2D eigenvalue weighted by Gasteiger charge is 2.45. The Kier molecular flexibility index (Phi) is 7.99. The molecule has 0 atom stereocenters. The van der Waals surface area contributed by atoms with Gasteiger partial charge in [0.2, 0.25) is 17.6 Å². The molecule has 0 aliphatic heterocycles. The van der Waals surface area contributed by atoms with E-state index in [9.17, 15) is 9.59 Å². The number of aryl methyl sites for hydroxylation is 1. The Morgan fingerprint density at radius 1 is 1.18 bits per heavy atom. The molecule has 1 aliphatic carbocycles. The van der Waals surface area contributed by atoms with E-state index in [0.29, 0.717) is 33.9 Å². The third-order valence-corrected chi connectivity index (χ3v) is 8.97. The first-order valence-electron chi connectivity index (χ1n) is 12.3. The van der Waals surface area contributed by atoms with E-state index >= 15 is 0 Å². The number of rotatable bonds is 7. The molecule has 6 rings (SSSR count). The minimum Gasteiger partial charge on any atom is -0.477 e. The van der Waals surface area contributed by atoms with Crippen LogP contribution in [0.1, 0.15) is 34.0 Å². The van der Waals surface area contributed by atoms with Gasteiger partial charge in [0.15, 0.2) is 0 Å². The van der Waals surface area contributed by atoms with Gasteiger partial charge in [-0.05, 0) is 55.0 Å². The number of hydrogen-bond donors (Lipinski definition) is 3. The first-order valence-corrected chi connectivity index (χ1v) is 14.8. The Morgan fingerprint density at radius 2 is 1.90 bits per heavy atom. The number of carbonyl (C=O) groups is 2. The van der Waals surface area contributed by atoms with Crippen LogP contribution in [0.15, 0.2) is 69.4 Å². The summed E-state index contributed by atoms with van der Waals surface area (Å²) in [5.41, 5.74) is 8.78. The number of aromatic nitrogens is 3. The van der Waals surface area contributed by atoms with Gasteiger partial charge < -0.3 is 25.2 Å². The number of thioether (sulfide) groups is 1. The van der Waals surface area contributed by atoms with E-state index in [2.05, 4.69) is 15.5 Å². The van der Waals surface area contributed by atoms with Crippen LogP contribution in [-0.4, -0.2) is 43.5 Å². The number of amides is 1. The van der Waals surface area contributed by atoms with Crippen LogP contribution in [0.3, 0.4) is 0 Å². The van der Waals surface area contributed by atoms with Crippen LogP contribution < -0.4 is 11.1 Å². The molecular weight excluding hydrogens is 570 g/mol. The monoisotopic (exact) mass is 595 g/mol. The average Bonchev–Trinajstić information content (AvgIpc) is 3.28. The van der Waals surface area contributed by atoms with Gasteiger partial charge in [-0.15, -0.1) is 23.1 Å². The number of aromatic carboxylic acids is 1. The maximum atomic E-state index is 12.1. The lowest BCUT2D eigenvalue weighted by Gasteiger charge is -2.12. The highest BCUT2D eigenvalue weighted by atomic mass is 35.5. The zero-order valence-electron chi connectivity index (χ0n) is 21.7. The van der Waals surface area contributed by atoms with Gasteiger partial charge in [-0.1, -0.05) is 47.1 Å². The molecule has 5 aromatic rings. The lowest BCUT2D eigenvalue weighted by atomic mass is 10.2. The largest absolute Gasteiger partial charge is 0.477 e. The predicted octanol–water partition coefficient (Wildman–Crippen LogP) is 5.92. The summed E-state index contributed by atoms with van der Waals surface area (Å²) < 4.78 is 8.24. The normalized spacial score (nSPS) is 13.5. The zero-order chi connectivity index (χ0) is 28.4. The first kappa shape index (κ1) is 27.9. The number of carboxylic acid groups (broad SMARTS) is 1. The SMILES string of the molecule is CSc1ccc(C(=O)O)s1.Cc1nc(-c2c(Cl)c3ccccc3n2-c2ccc(CNC(=O)C3(N)CC3)cc2)no1. The van der Waals surface area contributed by atoms with Crippen molar-refractivity contribution in [3.8, 4) is 17.2 Å². The fourth-order valence-corrected chi connectivity index (χ4v) is 5.80. The average molecular weight is 596 g/mol. The van der Waals surface area contributed by atoms with Crippen molar-refractivity contribution in [3.05, 3.63) is 82.0 Å². The second kappa shape index (κ2) is 11.5. The maximum Gasteiger partial charge on any atom is 0.345 e. The van der Waals surface area contributed by atoms with Crippen molar-refractivity contribution in [3.63, 3.8) is 0 Å². The lowest BCUT2D eigenvalue weighted by molar-refractivity contribution is -0.123. The minimum absolute atomic E-state index is 0.0930. The van der Waals surface area contributed by atoms with Crippen molar-refractivity contribution in [2.75, 3.05) is 6.26 Å². The van der Waals surface area contributed by atoms with Gasteiger partial charge in [-0.25, -0.2) is 4.79 Å². The second-order valence-electron chi connectivity index (χ2n) is 9.29. The van der Waals surface area contributed by atoms with E-state index in [1.165, 1.54) is 11.3 Å². The van der Waals surface area contributed by atoms with Crippen LogP contribution in [-0.2, 0) is 11.3 Å². The summed E-state index contributed by atoms with van der Waals surface area (Å²) in [7, 11) is 0. The van der Waals surface area contributed by atoms with Gasteiger partial charge in [0.05, 0.1) is 20.3 Å². The van der Waals surface area contributed by atoms with E-state index in [4.69, 9.17) is 27.0 Å². The molecule has 2 aromatic carbocycles. The van der Waals surface area contributed by atoms with Gasteiger partial charge in [0, 0.05) is 24.5 Å². The van der Waals surface area contributed by atoms with Gasteiger partial charge in [-0.3, -0.25) is 4.79 Å². The molecule has 1 amide bonds. The number of nitrogens with one attached hydrogen (secondary N) is 1. The van der Waals surface area contributed by atoms with Crippen molar-refractivity contribution < 1.29 is 19.2 Å². The quantitative estimate of drug-likeness (QED) is 0.197. The predicted molar refractivity (Wildman–Crippen MR) is 157 cm³/mol. The molecule has 1 aliphatic rings. The molecular formula is C28H26ClN5O4S2. The molecule has 40 heavy (non-hydrogen) atoms. The molecule has 0 bridgehead atoms. The standard InChI is InChI=1S/C22H20ClN5O2.C6H6O2S2/c1-13-26-20(27-30-13)19-18(23)16-4-2-3-5-17(16)28(19)15-8-6-14(7-9-15)12-25-21(29)22(24)10-11-22;1-9-5-3-2-4(10-5)6(7)8/h2-9H,10-12,24H2,1H3,(H,25,29);2-3H,1H3,(H,7,8). The molecule has 206 valence electrons. The van der Waals surface area contributed by atoms with Crippen LogP contribution in [0.2, 0.25) is 5.02 Å². The summed E-state index contributed by atoms with van der Waals surface area (Å²) in [6, 6.07) is 19.2. The van der Waals surface area contributed by atoms with Crippen molar-refractivity contribution in [1.82, 2.24) is 20.0 Å². The van der Waals surface area contributed by atoms with Crippen LogP contribution >= 0.6 is 34.7 Å². The number of hydrogen-bond acceptors (Lipinski definition) is 8. The third-order valence-electron chi connectivity index (χ3n) is 6.43. The Balaban J connectivity index is 0.000000274. The summed E-state index contributed by atoms with van der Waals surface area (Å²) in [6.07, 6.45) is 3.42. The number of carboxylic acids is 1. The van der Waals surface area contributed by atoms with Crippen molar-refractivity contribution in [2.24, 2.45) is 5.73 Å². The fraction of sp³-hybridized carbons (Fsp3) is 0.214. The van der Waals surface area contributed by atoms with Crippen molar-refractivity contribution in [1.29, 1.82) is 0 Å². The number of nitrogens with two attached hydrogens (primary N) is 1. The number of fused-ring (bicyclic) bond motifs is 1. The van der Waals surface area contributed by atoms with Gasteiger partial charge >= 0.3 is 5.97 Å². The Hall–Kier alpha value is -3.64. The summed E-state index contributed by atoms with van der Waals surface area (Å²) in [4.78, 5) is 27.2. The molecule has 4 N–H and O–H groups in total. The highest BCUT2D eigenvalue weighted by molar-refractivity contribution is 8.00. The number of carbonyl (C=O) groups excluding carboxylic acids is 1. The van der Waals surface area contributed by atoms with Crippen LogP contribution in [0.5, 0.6) is 0 Å². The second-order valence-corrected chi connectivity index (χ2v) is 11.9. The number of halogens is 1. The minimum atomic E-state index is -0.842. The molecule has 0 radical (unpaired) electrons. The summed E-state index contributed by atoms with van der Waals surface area (Å²) in [5, 5.41) is 17.0. The molecule has 3 aromatic heterocycles. The van der Waals surface area contributed by atoms with Crippen LogP contribution in [0, 0.1) is 6.92 Å². The van der Waals surface area contributed by atoms with E-state index in [0.717, 1.165) is 39.2 Å². The Labute approximate surface area is 243 Å². The first-order chi connectivity index (χ1) is 19.2. The summed E-state index contributed by atoms with van der Waals surface area (Å²) in [6.45, 7) is 2.18. The fourth-order valence-electron chi connectivity index (χ4n) is 4.09. The smallest absolute Gasteiger partial charge is 0.345 e. The Morgan fingerprint density at radius 3 is 2.48 bits per heavy atom. The number of nitrogens with zero attached hydrogens (tertiary/aromatic N) is 3. The molecule has 9 nitrogen and oxygen atoms in total. The van der Waals surface area contributed by atoms with Crippen LogP contribution in [0.4, 0.5) is 0 Å². The van der Waals surface area contributed by atoms with Gasteiger partial charge in [0.25, 0.3) is 0 Å². The molecule has 12 heteroatoms. The Bertz CT molecular complexity index is 1690. The molecule has 3 heterocycles. The van der Waals surface area contributed by atoms with Gasteiger partial charge in [-0.2, -0.15) is 4.98 Å². The van der Waals surface area contributed by atoms with Gasteiger partial charge in [0.1, 0.15) is 10.6 Å². The number of benzene rings is 2. The van der Waals surface area contributed by atoms with E-state index in [-0.39, 0.29) is 5.91 Å². The maximum absolute atomic E-state index is 12.1. The lowest BCUT2D eigenvalue weighted by Crippen LogP contribution is -2.42. The van der Waals surface area contributed by atoms with Crippen molar-refractivity contribution >= 4 is 57.5 Å². The summed E-state index contributed by atoms with van der Waals surface area (Å²) >= 11 is 9.59. The van der Waals surface area contributed by atoms with E-state index in [1.54, 1.807) is 24.8 Å². The molecule has 0 unspecified atom stereocenters. The van der Waals surface area contributed by atoms with Crippen LogP contribution in [0.25, 0.3) is 28.1 Å². The van der Waals surface area contributed by atoms with E-state index < -0.39 is 11.5 Å². The third kappa shape index (κ3) is 5.78. The number of para-hydroxylation sites is 1. The highest BCUT2D eigenvalue weighted by Crippen LogP contribution is 2.38. The topological polar surface area (TPSA) is 136 Å².